The SMILES string of the molecule is CSc1ccc(CNc2c(C)cccc2F)cc1. The van der Waals surface area contributed by atoms with E-state index in [4.69, 9.17) is 0 Å². The van der Waals surface area contributed by atoms with E-state index in [9.17, 15) is 4.39 Å². The first-order chi connectivity index (χ1) is 8.70. The van der Waals surface area contributed by atoms with Gasteiger partial charge in [0.2, 0.25) is 0 Å². The van der Waals surface area contributed by atoms with E-state index in [-0.39, 0.29) is 5.82 Å². The van der Waals surface area contributed by atoms with E-state index >= 15 is 0 Å². The number of hydrogen-bond acceptors (Lipinski definition) is 2. The molecule has 0 spiro atoms. The van der Waals surface area contributed by atoms with Gasteiger partial charge in [-0.3, -0.25) is 0 Å². The highest BCUT2D eigenvalue weighted by Crippen LogP contribution is 2.20. The van der Waals surface area contributed by atoms with Gasteiger partial charge in [0.15, 0.2) is 0 Å². The van der Waals surface area contributed by atoms with E-state index in [2.05, 4.69) is 35.8 Å². The molecule has 0 atom stereocenters. The van der Waals surface area contributed by atoms with E-state index in [0.29, 0.717) is 12.2 Å². The number of para-hydroxylation sites is 1. The van der Waals surface area contributed by atoms with Gasteiger partial charge in [-0.25, -0.2) is 4.39 Å². The molecule has 1 N–H and O–H groups in total. The molecule has 18 heavy (non-hydrogen) atoms. The quantitative estimate of drug-likeness (QED) is 0.815. The molecule has 0 fully saturated rings. The van der Waals surface area contributed by atoms with Crippen LogP contribution < -0.4 is 5.32 Å². The molecule has 0 saturated heterocycles. The van der Waals surface area contributed by atoms with Crippen LogP contribution in [0, 0.1) is 12.7 Å². The summed E-state index contributed by atoms with van der Waals surface area (Å²) in [6.45, 7) is 2.54. The monoisotopic (exact) mass is 261 g/mol. The molecule has 2 aromatic carbocycles. The third kappa shape index (κ3) is 3.05. The normalized spacial score (nSPS) is 10.4. The van der Waals surface area contributed by atoms with Crippen LogP contribution in [0.25, 0.3) is 0 Å². The summed E-state index contributed by atoms with van der Waals surface area (Å²) in [7, 11) is 0. The van der Waals surface area contributed by atoms with Gasteiger partial charge in [-0.1, -0.05) is 24.3 Å². The molecule has 0 heterocycles. The topological polar surface area (TPSA) is 12.0 Å². The van der Waals surface area contributed by atoms with Crippen molar-refractivity contribution >= 4 is 17.4 Å². The maximum Gasteiger partial charge on any atom is 0.146 e. The van der Waals surface area contributed by atoms with Gasteiger partial charge < -0.3 is 5.32 Å². The molecule has 0 bridgehead atoms. The van der Waals surface area contributed by atoms with Crippen molar-refractivity contribution in [3.63, 3.8) is 0 Å². The first-order valence-electron chi connectivity index (χ1n) is 5.82. The maximum absolute atomic E-state index is 13.6. The second-order valence-electron chi connectivity index (χ2n) is 4.13. The van der Waals surface area contributed by atoms with Gasteiger partial charge >= 0.3 is 0 Å². The van der Waals surface area contributed by atoms with Gasteiger partial charge in [-0.2, -0.15) is 0 Å². The van der Waals surface area contributed by atoms with E-state index in [1.54, 1.807) is 17.8 Å². The van der Waals surface area contributed by atoms with Crippen LogP contribution in [0.1, 0.15) is 11.1 Å². The molecule has 0 unspecified atom stereocenters. The first-order valence-corrected chi connectivity index (χ1v) is 7.05. The summed E-state index contributed by atoms with van der Waals surface area (Å²) in [5.41, 5.74) is 2.66. The van der Waals surface area contributed by atoms with Gasteiger partial charge in [0.1, 0.15) is 5.82 Å². The van der Waals surface area contributed by atoms with Crippen molar-refractivity contribution < 1.29 is 4.39 Å². The van der Waals surface area contributed by atoms with Crippen LogP contribution in [0.4, 0.5) is 10.1 Å². The molecule has 0 aliphatic rings. The summed E-state index contributed by atoms with van der Waals surface area (Å²) >= 11 is 1.72. The average molecular weight is 261 g/mol. The van der Waals surface area contributed by atoms with Crippen molar-refractivity contribution in [2.45, 2.75) is 18.4 Å². The first kappa shape index (κ1) is 13.0. The summed E-state index contributed by atoms with van der Waals surface area (Å²) in [4.78, 5) is 1.24. The zero-order valence-corrected chi connectivity index (χ0v) is 11.4. The highest BCUT2D eigenvalue weighted by molar-refractivity contribution is 7.98. The van der Waals surface area contributed by atoms with E-state index < -0.39 is 0 Å². The van der Waals surface area contributed by atoms with Crippen LogP contribution in [0.2, 0.25) is 0 Å². The summed E-state index contributed by atoms with van der Waals surface area (Å²) in [6.07, 6.45) is 2.05. The fraction of sp³-hybridized carbons (Fsp3) is 0.200. The number of halogens is 1. The third-order valence-electron chi connectivity index (χ3n) is 2.85. The fourth-order valence-corrected chi connectivity index (χ4v) is 2.20. The Morgan fingerprint density at radius 2 is 1.83 bits per heavy atom. The molecule has 3 heteroatoms. The highest BCUT2D eigenvalue weighted by atomic mass is 32.2. The molecule has 1 nitrogen and oxygen atoms in total. The summed E-state index contributed by atoms with van der Waals surface area (Å²) in [6, 6.07) is 13.4. The van der Waals surface area contributed by atoms with Crippen LogP contribution in [0.3, 0.4) is 0 Å². The average Bonchev–Trinajstić information content (AvgIpc) is 2.39. The Labute approximate surface area is 111 Å². The van der Waals surface area contributed by atoms with E-state index in [0.717, 1.165) is 11.1 Å². The number of nitrogens with one attached hydrogen (secondary N) is 1. The smallest absolute Gasteiger partial charge is 0.146 e. The Kier molecular flexibility index (Phi) is 4.26. The lowest BCUT2D eigenvalue weighted by molar-refractivity contribution is 0.629. The van der Waals surface area contributed by atoms with Crippen LogP contribution in [0.5, 0.6) is 0 Å². The molecule has 0 amide bonds. The van der Waals surface area contributed by atoms with Crippen LogP contribution in [-0.4, -0.2) is 6.26 Å². The molecular weight excluding hydrogens is 245 g/mol. The molecule has 0 saturated carbocycles. The summed E-state index contributed by atoms with van der Waals surface area (Å²) in [5.74, 6) is -0.198. The standard InChI is InChI=1S/C15H16FNS/c1-11-4-3-5-14(16)15(11)17-10-12-6-8-13(18-2)9-7-12/h3-9,17H,10H2,1-2H3. The molecule has 0 radical (unpaired) electrons. The van der Waals surface area contributed by atoms with Gasteiger partial charge in [-0.05, 0) is 42.5 Å². The van der Waals surface area contributed by atoms with Gasteiger partial charge in [0.25, 0.3) is 0 Å². The summed E-state index contributed by atoms with van der Waals surface area (Å²) < 4.78 is 13.6. The van der Waals surface area contributed by atoms with Crippen LogP contribution >= 0.6 is 11.8 Å². The Hall–Kier alpha value is -1.48. The lowest BCUT2D eigenvalue weighted by Crippen LogP contribution is -2.03. The fourth-order valence-electron chi connectivity index (χ4n) is 1.79. The summed E-state index contributed by atoms with van der Waals surface area (Å²) in [5, 5.41) is 3.15. The van der Waals surface area contributed by atoms with Gasteiger partial charge in [-0.15, -0.1) is 11.8 Å². The molecule has 94 valence electrons. The van der Waals surface area contributed by atoms with Crippen molar-refractivity contribution in [2.75, 3.05) is 11.6 Å². The Balaban J connectivity index is 2.06. The van der Waals surface area contributed by atoms with Crippen molar-refractivity contribution in [1.82, 2.24) is 0 Å². The molecule has 2 aromatic rings. The van der Waals surface area contributed by atoms with E-state index in [1.807, 2.05) is 13.0 Å². The van der Waals surface area contributed by atoms with Crippen molar-refractivity contribution in [1.29, 1.82) is 0 Å². The number of thioether (sulfide) groups is 1. The number of anilines is 1. The predicted molar refractivity (Wildman–Crippen MR) is 76.7 cm³/mol. The minimum atomic E-state index is -0.198. The zero-order chi connectivity index (χ0) is 13.0. The Morgan fingerprint density at radius 3 is 2.44 bits per heavy atom. The van der Waals surface area contributed by atoms with Crippen molar-refractivity contribution in [3.05, 3.63) is 59.4 Å². The lowest BCUT2D eigenvalue weighted by atomic mass is 10.1. The zero-order valence-electron chi connectivity index (χ0n) is 10.5. The maximum atomic E-state index is 13.6. The predicted octanol–water partition coefficient (Wildman–Crippen LogP) is 4.47. The molecule has 2 rings (SSSR count). The molecule has 0 aliphatic heterocycles. The second kappa shape index (κ2) is 5.91. The number of rotatable bonds is 4. The minimum absolute atomic E-state index is 0.198. The van der Waals surface area contributed by atoms with Crippen molar-refractivity contribution in [3.8, 4) is 0 Å². The second-order valence-corrected chi connectivity index (χ2v) is 5.01. The number of hydrogen-bond donors (Lipinski definition) is 1. The van der Waals surface area contributed by atoms with Crippen LogP contribution in [0.15, 0.2) is 47.4 Å². The number of aryl methyl sites for hydroxylation is 1. The molecular formula is C15H16FNS. The van der Waals surface area contributed by atoms with Gasteiger partial charge in [0.05, 0.1) is 5.69 Å². The molecule has 0 aromatic heterocycles. The van der Waals surface area contributed by atoms with E-state index in [1.165, 1.54) is 11.0 Å². The Bertz CT molecular complexity index is 502. The van der Waals surface area contributed by atoms with Crippen LogP contribution in [-0.2, 0) is 6.54 Å². The molecule has 0 aliphatic carbocycles. The minimum Gasteiger partial charge on any atom is -0.378 e. The van der Waals surface area contributed by atoms with Gasteiger partial charge in [0, 0.05) is 11.4 Å². The van der Waals surface area contributed by atoms with Crippen molar-refractivity contribution in [2.24, 2.45) is 0 Å². The highest BCUT2D eigenvalue weighted by Gasteiger charge is 2.04. The third-order valence-corrected chi connectivity index (χ3v) is 3.59. The largest absolute Gasteiger partial charge is 0.378 e. The lowest BCUT2D eigenvalue weighted by Gasteiger charge is -2.10. The Morgan fingerprint density at radius 1 is 1.11 bits per heavy atom. The number of benzene rings is 2.